The molecule has 0 radical (unpaired) electrons. The van der Waals surface area contributed by atoms with Crippen LogP contribution in [0.5, 0.6) is 0 Å². The van der Waals surface area contributed by atoms with E-state index in [1.54, 1.807) is 0 Å². The Morgan fingerprint density at radius 2 is 2.14 bits per heavy atom. The van der Waals surface area contributed by atoms with Gasteiger partial charge in [0.1, 0.15) is 6.10 Å². The third kappa shape index (κ3) is 1.35. The average molecular weight is 196 g/mol. The predicted octanol–water partition coefficient (Wildman–Crippen LogP) is 2.76. The molecule has 0 aromatic carbocycles. The first kappa shape index (κ1) is 10.0. The Bertz CT molecular complexity index is 245. The molecule has 0 amide bonds. The van der Waals surface area contributed by atoms with Crippen LogP contribution in [0.3, 0.4) is 0 Å². The van der Waals surface area contributed by atoms with Crippen LogP contribution in [-0.4, -0.2) is 12.1 Å². The molecule has 2 aliphatic rings. The van der Waals surface area contributed by atoms with Crippen LogP contribution in [0, 0.1) is 17.3 Å². The van der Waals surface area contributed by atoms with Crippen LogP contribution in [-0.2, 0) is 9.53 Å². The monoisotopic (exact) mass is 196 g/mol. The second kappa shape index (κ2) is 3.25. The Balaban J connectivity index is 2.02. The number of carbonyl (C=O) groups is 1. The van der Waals surface area contributed by atoms with Gasteiger partial charge in [-0.3, -0.25) is 4.79 Å². The largest absolute Gasteiger partial charge is 0.462 e. The molecule has 0 spiro atoms. The first-order valence-corrected chi connectivity index (χ1v) is 5.75. The van der Waals surface area contributed by atoms with Crippen molar-refractivity contribution in [3.63, 3.8) is 0 Å². The van der Waals surface area contributed by atoms with Gasteiger partial charge in [-0.2, -0.15) is 0 Å². The van der Waals surface area contributed by atoms with Crippen LogP contribution in [0.15, 0.2) is 0 Å². The molecule has 0 N–H and O–H groups in total. The van der Waals surface area contributed by atoms with Gasteiger partial charge in [-0.25, -0.2) is 0 Å². The molecule has 2 rings (SSSR count). The maximum absolute atomic E-state index is 11.2. The van der Waals surface area contributed by atoms with Crippen molar-refractivity contribution in [2.75, 3.05) is 0 Å². The zero-order chi connectivity index (χ0) is 10.3. The number of rotatable bonds is 2. The summed E-state index contributed by atoms with van der Waals surface area (Å²) in [4.78, 5) is 11.2. The maximum atomic E-state index is 11.2. The van der Waals surface area contributed by atoms with Crippen LogP contribution < -0.4 is 0 Å². The van der Waals surface area contributed by atoms with E-state index in [1.165, 1.54) is 12.8 Å². The number of hydrogen-bond donors (Lipinski definition) is 0. The number of ether oxygens (including phenoxy) is 1. The minimum Gasteiger partial charge on any atom is -0.462 e. The van der Waals surface area contributed by atoms with Crippen molar-refractivity contribution in [2.24, 2.45) is 17.3 Å². The second-order valence-electron chi connectivity index (χ2n) is 5.32. The Morgan fingerprint density at radius 3 is 2.57 bits per heavy atom. The molecule has 2 saturated carbocycles. The molecule has 0 heterocycles. The number of fused-ring (bicyclic) bond motifs is 2. The lowest BCUT2D eigenvalue weighted by Crippen LogP contribution is -2.27. The van der Waals surface area contributed by atoms with Gasteiger partial charge in [-0.15, -0.1) is 0 Å². The molecule has 80 valence electrons. The highest BCUT2D eigenvalue weighted by atomic mass is 16.5. The fraction of sp³-hybridized carbons (Fsp3) is 0.917. The quantitative estimate of drug-likeness (QED) is 0.635. The topological polar surface area (TPSA) is 26.3 Å². The van der Waals surface area contributed by atoms with Gasteiger partial charge < -0.3 is 4.74 Å². The van der Waals surface area contributed by atoms with Gasteiger partial charge in [0.25, 0.3) is 0 Å². The van der Waals surface area contributed by atoms with Crippen LogP contribution >= 0.6 is 0 Å². The minimum atomic E-state index is -0.0293. The van der Waals surface area contributed by atoms with Crippen LogP contribution in [0.25, 0.3) is 0 Å². The summed E-state index contributed by atoms with van der Waals surface area (Å²) in [5, 5.41) is 0. The Kier molecular flexibility index (Phi) is 2.32. The van der Waals surface area contributed by atoms with E-state index in [4.69, 9.17) is 4.74 Å². The highest BCUT2D eigenvalue weighted by Gasteiger charge is 2.54. The van der Waals surface area contributed by atoms with Gasteiger partial charge in [0.2, 0.25) is 0 Å². The summed E-state index contributed by atoms with van der Waals surface area (Å²) in [6.07, 6.45) is 4.41. The second-order valence-corrected chi connectivity index (χ2v) is 5.32. The summed E-state index contributed by atoms with van der Waals surface area (Å²) >= 11 is 0. The van der Waals surface area contributed by atoms with Crippen molar-refractivity contribution in [1.29, 1.82) is 0 Å². The van der Waals surface area contributed by atoms with E-state index in [0.717, 1.165) is 12.3 Å². The fourth-order valence-electron chi connectivity index (χ4n) is 3.34. The average Bonchev–Trinajstić information content (AvgIpc) is 2.54. The third-order valence-corrected chi connectivity index (χ3v) is 4.37. The molecule has 0 aromatic rings. The molecule has 0 aliphatic heterocycles. The molecule has 2 bridgehead atoms. The maximum Gasteiger partial charge on any atom is 0.305 e. The van der Waals surface area contributed by atoms with Crippen molar-refractivity contribution in [3.05, 3.63) is 0 Å². The van der Waals surface area contributed by atoms with Crippen LogP contribution in [0.4, 0.5) is 0 Å². The highest BCUT2D eigenvalue weighted by molar-refractivity contribution is 5.69. The van der Waals surface area contributed by atoms with E-state index >= 15 is 0 Å². The molecular formula is C12H20O2. The van der Waals surface area contributed by atoms with E-state index in [1.807, 2.05) is 6.92 Å². The van der Waals surface area contributed by atoms with E-state index in [2.05, 4.69) is 13.8 Å². The standard InChI is InChI=1S/C12H20O2/c1-4-11(13)14-10-7-8-5-6-9(10)12(8,2)3/h8-10H,4-7H2,1-3H3/t8?,9?,10-/m1/s1. The SMILES string of the molecule is CCC(=O)O[C@@H]1CC2CCC1C2(C)C. The zero-order valence-corrected chi connectivity index (χ0v) is 9.38. The number of carbonyl (C=O) groups excluding carboxylic acids is 1. The van der Waals surface area contributed by atoms with Crippen molar-refractivity contribution >= 4 is 5.97 Å². The molecule has 3 atom stereocenters. The lowest BCUT2D eigenvalue weighted by atomic mass is 9.82. The lowest BCUT2D eigenvalue weighted by molar-refractivity contribution is -0.151. The minimum absolute atomic E-state index is 0.0293. The first-order valence-electron chi connectivity index (χ1n) is 5.75. The van der Waals surface area contributed by atoms with Gasteiger partial charge in [0, 0.05) is 12.3 Å². The zero-order valence-electron chi connectivity index (χ0n) is 9.38. The molecule has 0 aromatic heterocycles. The predicted molar refractivity (Wildman–Crippen MR) is 54.8 cm³/mol. The highest BCUT2D eigenvalue weighted by Crippen LogP contribution is 2.58. The van der Waals surface area contributed by atoms with Gasteiger partial charge in [0.05, 0.1) is 0 Å². The van der Waals surface area contributed by atoms with Gasteiger partial charge in [0.15, 0.2) is 0 Å². The van der Waals surface area contributed by atoms with Crippen LogP contribution in [0.1, 0.15) is 46.5 Å². The van der Waals surface area contributed by atoms with Gasteiger partial charge >= 0.3 is 5.97 Å². The summed E-state index contributed by atoms with van der Waals surface area (Å²) in [7, 11) is 0. The van der Waals surface area contributed by atoms with Crippen molar-refractivity contribution in [2.45, 2.75) is 52.6 Å². The van der Waals surface area contributed by atoms with Gasteiger partial charge in [-0.1, -0.05) is 20.8 Å². The van der Waals surface area contributed by atoms with Gasteiger partial charge in [-0.05, 0) is 30.6 Å². The fourth-order valence-corrected chi connectivity index (χ4v) is 3.34. The lowest BCUT2D eigenvalue weighted by Gasteiger charge is -2.26. The van der Waals surface area contributed by atoms with Crippen molar-refractivity contribution < 1.29 is 9.53 Å². The van der Waals surface area contributed by atoms with Crippen LogP contribution in [0.2, 0.25) is 0 Å². The Labute approximate surface area is 86.0 Å². The first-order chi connectivity index (χ1) is 6.55. The normalized spacial score (nSPS) is 38.6. The third-order valence-electron chi connectivity index (χ3n) is 4.37. The van der Waals surface area contributed by atoms with E-state index in [0.29, 0.717) is 17.8 Å². The Morgan fingerprint density at radius 1 is 1.43 bits per heavy atom. The van der Waals surface area contributed by atoms with E-state index < -0.39 is 0 Å². The summed E-state index contributed by atoms with van der Waals surface area (Å²) in [5.74, 6) is 1.36. The molecule has 2 fully saturated rings. The number of hydrogen-bond acceptors (Lipinski definition) is 2. The molecule has 14 heavy (non-hydrogen) atoms. The number of esters is 1. The van der Waals surface area contributed by atoms with Crippen molar-refractivity contribution in [1.82, 2.24) is 0 Å². The summed E-state index contributed by atoms with van der Waals surface area (Å²) in [6.45, 7) is 6.52. The molecule has 2 unspecified atom stereocenters. The molecule has 2 heteroatoms. The van der Waals surface area contributed by atoms with Crippen molar-refractivity contribution in [3.8, 4) is 0 Å². The van der Waals surface area contributed by atoms with E-state index in [9.17, 15) is 4.79 Å². The van der Waals surface area contributed by atoms with E-state index in [-0.39, 0.29) is 12.1 Å². The molecule has 0 saturated heterocycles. The molecule has 2 aliphatic carbocycles. The smallest absolute Gasteiger partial charge is 0.305 e. The Hall–Kier alpha value is -0.530. The summed E-state index contributed by atoms with van der Waals surface area (Å²) < 4.78 is 5.49. The molecular weight excluding hydrogens is 176 g/mol. The summed E-state index contributed by atoms with van der Waals surface area (Å²) in [6, 6.07) is 0. The summed E-state index contributed by atoms with van der Waals surface area (Å²) in [5.41, 5.74) is 0.401. The molecule has 2 nitrogen and oxygen atoms in total.